The summed E-state index contributed by atoms with van der Waals surface area (Å²) in [6.07, 6.45) is 4.47. The molecule has 0 saturated carbocycles. The lowest BCUT2D eigenvalue weighted by atomic mass is 9.83. The molecule has 0 aliphatic carbocycles. The largest absolute Gasteiger partial charge is 0.396 e. The van der Waals surface area contributed by atoms with Crippen molar-refractivity contribution < 1.29 is 5.11 Å². The van der Waals surface area contributed by atoms with Crippen LogP contribution in [0.5, 0.6) is 0 Å². The minimum atomic E-state index is -0.123. The molecule has 1 aromatic rings. The fourth-order valence-electron chi connectivity index (χ4n) is 2.22. The van der Waals surface area contributed by atoms with E-state index in [1.807, 2.05) is 13.0 Å². The van der Waals surface area contributed by atoms with Gasteiger partial charge in [-0.2, -0.15) is 0 Å². The Kier molecular flexibility index (Phi) is 12.4. The van der Waals surface area contributed by atoms with E-state index in [-0.39, 0.29) is 36.0 Å². The smallest absolute Gasteiger partial charge is 0.191 e. The van der Waals surface area contributed by atoms with Gasteiger partial charge in [0.25, 0.3) is 0 Å². The number of nitrogens with one attached hydrogen (secondary N) is 2. The standard InChI is InChI=1S/C17H29ClN4O.HI/c1-4-17(5-2,13-23)12-22-16(19-6-3)20-10-9-14-7-8-15(18)21-11-14;/h7-8,11,23H,4-6,9-10,12-13H2,1-3H3,(H2,19,20,22);1H. The van der Waals surface area contributed by atoms with Crippen molar-refractivity contribution in [3.63, 3.8) is 0 Å². The van der Waals surface area contributed by atoms with Crippen LogP contribution in [0.1, 0.15) is 39.2 Å². The van der Waals surface area contributed by atoms with Gasteiger partial charge in [0.15, 0.2) is 5.96 Å². The Bertz CT molecular complexity index is 470. The molecule has 7 heteroatoms. The number of nitrogens with zero attached hydrogens (tertiary/aromatic N) is 2. The molecule has 0 radical (unpaired) electrons. The zero-order valence-corrected chi connectivity index (χ0v) is 17.9. The van der Waals surface area contributed by atoms with Crippen LogP contribution in [-0.2, 0) is 6.42 Å². The molecule has 0 unspecified atom stereocenters. The monoisotopic (exact) mass is 468 g/mol. The molecule has 24 heavy (non-hydrogen) atoms. The number of guanidine groups is 1. The summed E-state index contributed by atoms with van der Waals surface area (Å²) in [4.78, 5) is 8.72. The molecular formula is C17H30ClIN4O. The molecule has 0 aliphatic heterocycles. The molecular weight excluding hydrogens is 439 g/mol. The minimum absolute atomic E-state index is 0. The van der Waals surface area contributed by atoms with E-state index in [0.717, 1.165) is 43.9 Å². The van der Waals surface area contributed by atoms with E-state index in [1.165, 1.54) is 0 Å². The molecule has 0 bridgehead atoms. The van der Waals surface area contributed by atoms with Gasteiger partial charge < -0.3 is 15.7 Å². The number of aliphatic hydroxyl groups excluding tert-OH is 1. The molecule has 1 rings (SSSR count). The van der Waals surface area contributed by atoms with E-state index in [9.17, 15) is 5.11 Å². The number of hydrogen-bond donors (Lipinski definition) is 3. The number of aliphatic hydroxyl groups is 1. The van der Waals surface area contributed by atoms with Crippen molar-refractivity contribution in [3.8, 4) is 0 Å². The lowest BCUT2D eigenvalue weighted by Crippen LogP contribution is -2.39. The summed E-state index contributed by atoms with van der Waals surface area (Å²) in [7, 11) is 0. The Morgan fingerprint density at radius 3 is 2.46 bits per heavy atom. The highest BCUT2D eigenvalue weighted by molar-refractivity contribution is 14.0. The maximum absolute atomic E-state index is 9.64. The molecule has 0 spiro atoms. The van der Waals surface area contributed by atoms with Gasteiger partial charge in [0.05, 0.1) is 13.2 Å². The van der Waals surface area contributed by atoms with E-state index < -0.39 is 0 Å². The first kappa shape index (κ1) is 23.4. The highest BCUT2D eigenvalue weighted by Gasteiger charge is 2.24. The van der Waals surface area contributed by atoms with Crippen LogP contribution in [0.4, 0.5) is 0 Å². The van der Waals surface area contributed by atoms with E-state index in [2.05, 4.69) is 34.5 Å². The molecule has 5 nitrogen and oxygen atoms in total. The molecule has 0 saturated heterocycles. The minimum Gasteiger partial charge on any atom is -0.396 e. The number of aliphatic imine (C=N–C) groups is 1. The SMILES string of the molecule is CCNC(=NCC(CC)(CC)CO)NCCc1ccc(Cl)nc1.I. The number of rotatable bonds is 9. The van der Waals surface area contributed by atoms with Gasteiger partial charge in [-0.25, -0.2) is 4.98 Å². The topological polar surface area (TPSA) is 69.5 Å². The third-order valence-electron chi connectivity index (χ3n) is 4.25. The van der Waals surface area contributed by atoms with Gasteiger partial charge >= 0.3 is 0 Å². The maximum Gasteiger partial charge on any atom is 0.191 e. The Hall–Kier alpha value is -0.600. The molecule has 0 fully saturated rings. The Labute approximate surface area is 167 Å². The summed E-state index contributed by atoms with van der Waals surface area (Å²) < 4.78 is 0. The summed E-state index contributed by atoms with van der Waals surface area (Å²) >= 11 is 5.79. The quantitative estimate of drug-likeness (QED) is 0.225. The molecule has 1 heterocycles. The normalized spacial score (nSPS) is 11.8. The van der Waals surface area contributed by atoms with E-state index in [1.54, 1.807) is 12.3 Å². The molecule has 3 N–H and O–H groups in total. The van der Waals surface area contributed by atoms with Crippen LogP contribution in [0.25, 0.3) is 0 Å². The lowest BCUT2D eigenvalue weighted by Gasteiger charge is -2.27. The van der Waals surface area contributed by atoms with Crippen LogP contribution in [0.15, 0.2) is 23.3 Å². The molecule has 138 valence electrons. The van der Waals surface area contributed by atoms with E-state index in [0.29, 0.717) is 11.7 Å². The molecule has 0 aromatic carbocycles. The van der Waals surface area contributed by atoms with Crippen molar-refractivity contribution in [3.05, 3.63) is 29.0 Å². The fraction of sp³-hybridized carbons (Fsp3) is 0.647. The van der Waals surface area contributed by atoms with Crippen LogP contribution in [0, 0.1) is 5.41 Å². The first-order valence-electron chi connectivity index (χ1n) is 8.32. The van der Waals surface area contributed by atoms with Crippen molar-refractivity contribution in [1.29, 1.82) is 0 Å². The number of pyridine rings is 1. The zero-order valence-electron chi connectivity index (χ0n) is 14.8. The van der Waals surface area contributed by atoms with Gasteiger partial charge in [-0.15, -0.1) is 24.0 Å². The first-order valence-corrected chi connectivity index (χ1v) is 8.70. The predicted octanol–water partition coefficient (Wildman–Crippen LogP) is 3.25. The van der Waals surface area contributed by atoms with Crippen molar-refractivity contribution in [1.82, 2.24) is 15.6 Å². The zero-order chi connectivity index (χ0) is 17.1. The summed E-state index contributed by atoms with van der Waals surface area (Å²) in [6.45, 7) is 8.59. The van der Waals surface area contributed by atoms with Gasteiger partial charge in [-0.05, 0) is 37.8 Å². The van der Waals surface area contributed by atoms with E-state index >= 15 is 0 Å². The average molecular weight is 469 g/mol. The van der Waals surface area contributed by atoms with Gasteiger partial charge in [-0.1, -0.05) is 31.5 Å². The van der Waals surface area contributed by atoms with Gasteiger partial charge in [0, 0.05) is 24.7 Å². The lowest BCUT2D eigenvalue weighted by molar-refractivity contribution is 0.123. The highest BCUT2D eigenvalue weighted by Crippen LogP contribution is 2.25. The molecule has 0 aliphatic rings. The average Bonchev–Trinajstić information content (AvgIpc) is 2.58. The number of aromatic nitrogens is 1. The van der Waals surface area contributed by atoms with Crippen molar-refractivity contribution in [2.45, 2.75) is 40.0 Å². The summed E-state index contributed by atoms with van der Waals surface area (Å²) in [5.41, 5.74) is 1.01. The van der Waals surface area contributed by atoms with Crippen LogP contribution >= 0.6 is 35.6 Å². The second-order valence-corrected chi connectivity index (χ2v) is 6.11. The maximum atomic E-state index is 9.64. The second-order valence-electron chi connectivity index (χ2n) is 5.73. The summed E-state index contributed by atoms with van der Waals surface area (Å²) in [5, 5.41) is 16.7. The highest BCUT2D eigenvalue weighted by atomic mass is 127. The van der Waals surface area contributed by atoms with Gasteiger partial charge in [0.1, 0.15) is 5.15 Å². The van der Waals surface area contributed by atoms with Crippen molar-refractivity contribution >= 4 is 41.5 Å². The Morgan fingerprint density at radius 2 is 1.96 bits per heavy atom. The van der Waals surface area contributed by atoms with Gasteiger partial charge in [0.2, 0.25) is 0 Å². The fourth-order valence-corrected chi connectivity index (χ4v) is 2.33. The third kappa shape index (κ3) is 7.98. The number of hydrogen-bond acceptors (Lipinski definition) is 3. The Balaban J connectivity index is 0.00000529. The molecule has 0 amide bonds. The van der Waals surface area contributed by atoms with E-state index in [4.69, 9.17) is 11.6 Å². The van der Waals surface area contributed by atoms with Crippen LogP contribution < -0.4 is 10.6 Å². The molecule has 0 atom stereocenters. The summed E-state index contributed by atoms with van der Waals surface area (Å²) in [6, 6.07) is 3.78. The first-order chi connectivity index (χ1) is 11.1. The number of halogens is 2. The third-order valence-corrected chi connectivity index (χ3v) is 4.47. The van der Waals surface area contributed by atoms with Crippen LogP contribution in [0.2, 0.25) is 5.15 Å². The van der Waals surface area contributed by atoms with Crippen LogP contribution in [0.3, 0.4) is 0 Å². The molecule has 1 aromatic heterocycles. The van der Waals surface area contributed by atoms with Gasteiger partial charge in [-0.3, -0.25) is 4.99 Å². The van der Waals surface area contributed by atoms with Crippen molar-refractivity contribution in [2.75, 3.05) is 26.2 Å². The Morgan fingerprint density at radius 1 is 1.25 bits per heavy atom. The second kappa shape index (κ2) is 12.7. The van der Waals surface area contributed by atoms with Crippen LogP contribution in [-0.4, -0.2) is 42.3 Å². The predicted molar refractivity (Wildman–Crippen MR) is 112 cm³/mol. The van der Waals surface area contributed by atoms with Crippen molar-refractivity contribution in [2.24, 2.45) is 10.4 Å². The summed E-state index contributed by atoms with van der Waals surface area (Å²) in [5.74, 6) is 0.786.